The number of amides is 3. The van der Waals surface area contributed by atoms with Crippen molar-refractivity contribution in [3.05, 3.63) is 76.0 Å². The van der Waals surface area contributed by atoms with Crippen LogP contribution in [-0.4, -0.2) is 47.0 Å². The van der Waals surface area contributed by atoms with Gasteiger partial charge in [-0.3, -0.25) is 29.4 Å². The van der Waals surface area contributed by atoms with Crippen LogP contribution >= 0.6 is 11.3 Å². The number of aromatic nitrogens is 1. The van der Waals surface area contributed by atoms with Crippen molar-refractivity contribution < 1.29 is 27.7 Å². The fraction of sp³-hybridized carbons (Fsp3) is 0.100. The van der Waals surface area contributed by atoms with E-state index in [1.165, 1.54) is 19.1 Å². The predicted octanol–water partition coefficient (Wildman–Crippen LogP) is 2.51. The molecule has 0 bridgehead atoms. The number of carbonyl (C=O) groups excluding carboxylic acids is 3. The maximum Gasteiger partial charge on any atom is 0.269 e. The van der Waals surface area contributed by atoms with Crippen LogP contribution in [0.3, 0.4) is 0 Å². The SMILES string of the molecule is C[C@H](C(=O)Nc1ncc(S(=O)(=O)c2ccc([N+](=O)[O-])cc2)s1)N1C(=O)c2ccccc2C1=O. The predicted molar refractivity (Wildman–Crippen MR) is 116 cm³/mol. The van der Waals surface area contributed by atoms with Gasteiger partial charge in [0.2, 0.25) is 15.7 Å². The molecule has 11 nitrogen and oxygen atoms in total. The average molecular weight is 486 g/mol. The normalized spacial score (nSPS) is 14.2. The summed E-state index contributed by atoms with van der Waals surface area (Å²) in [5.74, 6) is -1.92. The summed E-state index contributed by atoms with van der Waals surface area (Å²) < 4.78 is 25.3. The Morgan fingerprint density at radius 1 is 1.09 bits per heavy atom. The van der Waals surface area contributed by atoms with Crippen LogP contribution in [0.15, 0.2) is 63.8 Å². The lowest BCUT2D eigenvalue weighted by atomic mass is 10.1. The first-order chi connectivity index (χ1) is 15.6. The molecule has 1 aromatic heterocycles. The van der Waals surface area contributed by atoms with Crippen molar-refractivity contribution in [2.75, 3.05) is 5.32 Å². The molecule has 1 atom stereocenters. The number of thiazole rings is 1. The lowest BCUT2D eigenvalue weighted by molar-refractivity contribution is -0.384. The maximum absolute atomic E-state index is 12.8. The van der Waals surface area contributed by atoms with Crippen LogP contribution in [0, 0.1) is 10.1 Å². The van der Waals surface area contributed by atoms with Crippen molar-refractivity contribution in [2.24, 2.45) is 0 Å². The first kappa shape index (κ1) is 22.2. The molecule has 0 radical (unpaired) electrons. The Morgan fingerprint density at radius 2 is 1.67 bits per heavy atom. The van der Waals surface area contributed by atoms with Gasteiger partial charge in [-0.25, -0.2) is 13.4 Å². The average Bonchev–Trinajstić information content (AvgIpc) is 3.37. The number of nitro benzene ring substituents is 1. The molecule has 0 unspecified atom stereocenters. The quantitative estimate of drug-likeness (QED) is 0.316. The molecule has 0 saturated heterocycles. The van der Waals surface area contributed by atoms with Crippen LogP contribution in [0.2, 0.25) is 0 Å². The second-order valence-corrected chi connectivity index (χ2v) is 10.1. The Labute approximate surface area is 190 Å². The number of benzene rings is 2. The van der Waals surface area contributed by atoms with Crippen molar-refractivity contribution in [3.8, 4) is 0 Å². The summed E-state index contributed by atoms with van der Waals surface area (Å²) in [6.45, 7) is 1.37. The zero-order chi connectivity index (χ0) is 23.9. The van der Waals surface area contributed by atoms with Crippen LogP contribution in [0.1, 0.15) is 27.6 Å². The van der Waals surface area contributed by atoms with Gasteiger partial charge in [-0.05, 0) is 31.2 Å². The van der Waals surface area contributed by atoms with Crippen molar-refractivity contribution in [1.29, 1.82) is 0 Å². The minimum Gasteiger partial charge on any atom is -0.300 e. The van der Waals surface area contributed by atoms with Crippen molar-refractivity contribution >= 4 is 49.7 Å². The number of nitrogens with one attached hydrogen (secondary N) is 1. The van der Waals surface area contributed by atoms with Gasteiger partial charge in [0.05, 0.1) is 27.1 Å². The molecule has 168 valence electrons. The third kappa shape index (κ3) is 3.87. The number of hydrogen-bond acceptors (Lipinski definition) is 9. The maximum atomic E-state index is 12.8. The third-order valence-electron chi connectivity index (χ3n) is 4.93. The highest BCUT2D eigenvalue weighted by atomic mass is 32.2. The van der Waals surface area contributed by atoms with Gasteiger partial charge in [0, 0.05) is 12.1 Å². The van der Waals surface area contributed by atoms with E-state index in [0.717, 1.165) is 35.4 Å². The molecule has 2 heterocycles. The molecule has 4 rings (SSSR count). The molecule has 0 fully saturated rings. The van der Waals surface area contributed by atoms with Crippen LogP contribution < -0.4 is 5.32 Å². The number of nitrogens with zero attached hydrogens (tertiary/aromatic N) is 3. The van der Waals surface area contributed by atoms with Crippen LogP contribution in [0.25, 0.3) is 0 Å². The highest BCUT2D eigenvalue weighted by molar-refractivity contribution is 7.93. The summed E-state index contributed by atoms with van der Waals surface area (Å²) in [6.07, 6.45) is 1.05. The van der Waals surface area contributed by atoms with E-state index in [1.807, 2.05) is 0 Å². The molecule has 1 aliphatic rings. The van der Waals surface area contributed by atoms with Crippen LogP contribution in [-0.2, 0) is 14.6 Å². The number of nitro groups is 1. The van der Waals surface area contributed by atoms with Crippen LogP contribution in [0.5, 0.6) is 0 Å². The molecule has 33 heavy (non-hydrogen) atoms. The van der Waals surface area contributed by atoms with Gasteiger partial charge in [0.25, 0.3) is 17.5 Å². The van der Waals surface area contributed by atoms with Gasteiger partial charge in [-0.1, -0.05) is 23.5 Å². The summed E-state index contributed by atoms with van der Waals surface area (Å²) in [7, 11) is -4.02. The molecule has 3 amide bonds. The van der Waals surface area contributed by atoms with E-state index in [9.17, 15) is 32.9 Å². The van der Waals surface area contributed by atoms with Gasteiger partial charge < -0.3 is 5.32 Å². The Kier molecular flexibility index (Phi) is 5.51. The number of rotatable bonds is 6. The fourth-order valence-corrected chi connectivity index (χ4v) is 5.63. The van der Waals surface area contributed by atoms with Gasteiger partial charge in [-0.2, -0.15) is 0 Å². The van der Waals surface area contributed by atoms with E-state index in [-0.39, 0.29) is 31.1 Å². The summed E-state index contributed by atoms with van der Waals surface area (Å²) in [5.41, 5.74) is 0.147. The molecular formula is C20H14N4O7S2. The highest BCUT2D eigenvalue weighted by Crippen LogP contribution is 2.30. The third-order valence-corrected chi connectivity index (χ3v) is 8.07. The van der Waals surface area contributed by atoms with E-state index in [0.29, 0.717) is 11.3 Å². The first-order valence-electron chi connectivity index (χ1n) is 9.34. The largest absolute Gasteiger partial charge is 0.300 e. The first-order valence-corrected chi connectivity index (χ1v) is 11.6. The van der Waals surface area contributed by atoms with Gasteiger partial charge >= 0.3 is 0 Å². The van der Waals surface area contributed by atoms with Gasteiger partial charge in [0.15, 0.2) is 5.13 Å². The lowest BCUT2D eigenvalue weighted by Crippen LogP contribution is -2.45. The summed E-state index contributed by atoms with van der Waals surface area (Å²) in [4.78, 5) is 52.4. The molecule has 1 aliphatic heterocycles. The highest BCUT2D eigenvalue weighted by Gasteiger charge is 2.40. The standard InChI is InChI=1S/C20H14N4O7S2/c1-11(23-18(26)14-4-2-3-5-15(14)19(23)27)17(25)22-20-21-10-16(32-20)33(30,31)13-8-6-12(7-9-13)24(28)29/h2-11H,1H3,(H,21,22,25)/t11-/m1/s1. The molecule has 1 N–H and O–H groups in total. The van der Waals surface area contributed by atoms with E-state index in [2.05, 4.69) is 10.3 Å². The van der Waals surface area contributed by atoms with Crippen molar-refractivity contribution in [3.63, 3.8) is 0 Å². The number of hydrogen-bond donors (Lipinski definition) is 1. The van der Waals surface area contributed by atoms with Gasteiger partial charge in [-0.15, -0.1) is 0 Å². The number of imide groups is 1. The smallest absolute Gasteiger partial charge is 0.269 e. The monoisotopic (exact) mass is 486 g/mol. The van der Waals surface area contributed by atoms with E-state index >= 15 is 0 Å². The topological polar surface area (TPSA) is 157 Å². The minimum absolute atomic E-state index is 0.0519. The lowest BCUT2D eigenvalue weighted by Gasteiger charge is -2.21. The van der Waals surface area contributed by atoms with Crippen LogP contribution in [0.4, 0.5) is 10.8 Å². The molecule has 2 aromatic carbocycles. The number of fused-ring (bicyclic) bond motifs is 1. The zero-order valence-electron chi connectivity index (χ0n) is 16.8. The zero-order valence-corrected chi connectivity index (χ0v) is 18.4. The van der Waals surface area contributed by atoms with E-state index < -0.39 is 38.5 Å². The second kappa shape index (κ2) is 8.18. The molecular weight excluding hydrogens is 472 g/mol. The molecule has 0 saturated carbocycles. The molecule has 3 aromatic rings. The Morgan fingerprint density at radius 3 is 2.21 bits per heavy atom. The number of carbonyl (C=O) groups is 3. The Hall–Kier alpha value is -3.97. The summed E-state index contributed by atoms with van der Waals surface area (Å²) in [6, 6.07) is 9.40. The minimum atomic E-state index is -4.02. The number of sulfone groups is 1. The Balaban J connectivity index is 1.50. The van der Waals surface area contributed by atoms with Gasteiger partial charge in [0.1, 0.15) is 10.3 Å². The summed E-state index contributed by atoms with van der Waals surface area (Å²) >= 11 is 0.669. The van der Waals surface area contributed by atoms with Crippen molar-refractivity contribution in [1.82, 2.24) is 9.88 Å². The van der Waals surface area contributed by atoms with E-state index in [4.69, 9.17) is 0 Å². The second-order valence-electron chi connectivity index (χ2n) is 6.93. The number of anilines is 1. The van der Waals surface area contributed by atoms with E-state index in [1.54, 1.807) is 12.1 Å². The molecule has 0 spiro atoms. The number of non-ortho nitro benzene ring substituents is 1. The molecule has 0 aliphatic carbocycles. The Bertz CT molecular complexity index is 1380. The summed E-state index contributed by atoms with van der Waals surface area (Å²) in [5, 5.41) is 13.1. The van der Waals surface area contributed by atoms with Crippen molar-refractivity contribution in [2.45, 2.75) is 22.1 Å². The molecule has 13 heteroatoms. The fourth-order valence-electron chi connectivity index (χ4n) is 3.19.